The molecule has 7 heteroatoms. The van der Waals surface area contributed by atoms with Crippen molar-refractivity contribution < 1.29 is 9.59 Å². The van der Waals surface area contributed by atoms with E-state index in [-0.39, 0.29) is 5.91 Å². The molecule has 0 aliphatic heterocycles. The highest BCUT2D eigenvalue weighted by molar-refractivity contribution is 8.00. The van der Waals surface area contributed by atoms with E-state index in [1.165, 1.54) is 18.8 Å². The molecule has 3 amide bonds. The normalized spacial score (nSPS) is 12.1. The first kappa shape index (κ1) is 15.4. The van der Waals surface area contributed by atoms with E-state index in [4.69, 9.17) is 0 Å². The molecule has 0 fully saturated rings. The van der Waals surface area contributed by atoms with Crippen molar-refractivity contribution in [1.82, 2.24) is 20.2 Å². The molecule has 1 heterocycles. The number of rotatable bonds is 4. The summed E-state index contributed by atoms with van der Waals surface area (Å²) in [6.45, 7) is 4.56. The number of urea groups is 1. The number of hydrogen-bond donors (Lipinski definition) is 2. The Morgan fingerprint density at radius 3 is 2.76 bits per heavy atom. The van der Waals surface area contributed by atoms with Gasteiger partial charge >= 0.3 is 6.03 Å². The van der Waals surface area contributed by atoms with Gasteiger partial charge in [-0.25, -0.2) is 9.78 Å². The van der Waals surface area contributed by atoms with Gasteiger partial charge in [-0.05, 0) is 26.0 Å². The number of aryl methyl sites for hydroxylation is 1. The molecule has 0 spiro atoms. The van der Waals surface area contributed by atoms with Crippen molar-refractivity contribution in [2.75, 3.05) is 7.05 Å². The molecule has 0 aliphatic rings. The van der Waals surface area contributed by atoms with Gasteiger partial charge in [0.1, 0.15) is 0 Å². The predicted molar refractivity (Wildman–Crippen MR) is 83.3 cm³/mol. The van der Waals surface area contributed by atoms with Gasteiger partial charge in [-0.1, -0.05) is 23.9 Å². The summed E-state index contributed by atoms with van der Waals surface area (Å²) < 4.78 is 2.06. The van der Waals surface area contributed by atoms with Crippen LogP contribution in [0.5, 0.6) is 0 Å². The van der Waals surface area contributed by atoms with Crippen molar-refractivity contribution in [3.8, 4) is 0 Å². The first-order chi connectivity index (χ1) is 10.1. The van der Waals surface area contributed by atoms with Crippen LogP contribution in [0.3, 0.4) is 0 Å². The largest absolute Gasteiger partial charge is 0.341 e. The van der Waals surface area contributed by atoms with Gasteiger partial charge in [-0.3, -0.25) is 10.1 Å². The van der Waals surface area contributed by atoms with E-state index in [2.05, 4.69) is 20.2 Å². The van der Waals surface area contributed by atoms with Gasteiger partial charge in [0.05, 0.1) is 16.3 Å². The highest BCUT2D eigenvalue weighted by Gasteiger charge is 2.20. The van der Waals surface area contributed by atoms with E-state index in [1.807, 2.05) is 31.2 Å². The molecule has 1 atom stereocenters. The van der Waals surface area contributed by atoms with E-state index in [9.17, 15) is 9.59 Å². The van der Waals surface area contributed by atoms with Crippen LogP contribution in [0.2, 0.25) is 0 Å². The quantitative estimate of drug-likeness (QED) is 0.847. The molecule has 2 aromatic rings. The number of para-hydroxylation sites is 2. The lowest BCUT2D eigenvalue weighted by Crippen LogP contribution is -2.41. The molecule has 21 heavy (non-hydrogen) atoms. The molecule has 6 nitrogen and oxygen atoms in total. The zero-order chi connectivity index (χ0) is 15.4. The summed E-state index contributed by atoms with van der Waals surface area (Å²) in [5.41, 5.74) is 1.95. The molecule has 112 valence electrons. The molecule has 2 N–H and O–H groups in total. The average molecular weight is 306 g/mol. The van der Waals surface area contributed by atoms with Gasteiger partial charge in [-0.2, -0.15) is 0 Å². The van der Waals surface area contributed by atoms with Gasteiger partial charge in [0.15, 0.2) is 5.16 Å². The second-order valence-electron chi connectivity index (χ2n) is 4.46. The lowest BCUT2D eigenvalue weighted by molar-refractivity contribution is -0.119. The minimum Gasteiger partial charge on any atom is -0.341 e. The molecule has 1 aromatic carbocycles. The third kappa shape index (κ3) is 3.36. The fourth-order valence-corrected chi connectivity index (χ4v) is 2.92. The van der Waals surface area contributed by atoms with Crippen LogP contribution in [0.1, 0.15) is 13.8 Å². The van der Waals surface area contributed by atoms with Gasteiger partial charge in [0.25, 0.3) is 0 Å². The standard InChI is InChI=1S/C14H18N4O2S/c1-4-18-11-8-6-5-7-10(11)16-14(18)21-9(2)12(19)17-13(20)15-3/h5-9H,4H2,1-3H3,(H2,15,17,19,20)/t9-/m1/s1. The number of hydrogen-bond acceptors (Lipinski definition) is 4. The van der Waals surface area contributed by atoms with Crippen LogP contribution < -0.4 is 10.6 Å². The highest BCUT2D eigenvalue weighted by atomic mass is 32.2. The minimum atomic E-state index is -0.503. The third-order valence-electron chi connectivity index (χ3n) is 3.05. The number of carbonyl (C=O) groups is 2. The Labute approximate surface area is 127 Å². The highest BCUT2D eigenvalue weighted by Crippen LogP contribution is 2.27. The van der Waals surface area contributed by atoms with Crippen LogP contribution in [-0.2, 0) is 11.3 Å². The number of fused-ring (bicyclic) bond motifs is 1. The van der Waals surface area contributed by atoms with Crippen LogP contribution in [0, 0.1) is 0 Å². The molecule has 0 aliphatic carbocycles. The second kappa shape index (κ2) is 6.62. The van der Waals surface area contributed by atoms with E-state index in [0.29, 0.717) is 0 Å². The molecule has 2 rings (SSSR count). The van der Waals surface area contributed by atoms with Gasteiger partial charge in [0, 0.05) is 13.6 Å². The van der Waals surface area contributed by atoms with E-state index >= 15 is 0 Å². The van der Waals surface area contributed by atoms with Gasteiger partial charge < -0.3 is 9.88 Å². The fourth-order valence-electron chi connectivity index (χ4n) is 1.94. The smallest absolute Gasteiger partial charge is 0.321 e. The molecule has 0 unspecified atom stereocenters. The van der Waals surface area contributed by atoms with Gasteiger partial charge in [-0.15, -0.1) is 0 Å². The van der Waals surface area contributed by atoms with Crippen LogP contribution >= 0.6 is 11.8 Å². The summed E-state index contributed by atoms with van der Waals surface area (Å²) in [7, 11) is 1.47. The number of benzene rings is 1. The Hall–Kier alpha value is -2.02. The Bertz CT molecular complexity index is 668. The van der Waals surface area contributed by atoms with Crippen LogP contribution in [-0.4, -0.2) is 33.8 Å². The number of amides is 3. The van der Waals surface area contributed by atoms with Crippen LogP contribution in [0.4, 0.5) is 4.79 Å². The Balaban J connectivity index is 2.19. The van der Waals surface area contributed by atoms with Crippen molar-refractivity contribution in [3.63, 3.8) is 0 Å². The maximum absolute atomic E-state index is 11.9. The fraction of sp³-hybridized carbons (Fsp3) is 0.357. The first-order valence-electron chi connectivity index (χ1n) is 6.71. The van der Waals surface area contributed by atoms with Gasteiger partial charge in [0.2, 0.25) is 5.91 Å². The number of imidazole rings is 1. The number of carbonyl (C=O) groups excluding carboxylic acids is 2. The van der Waals surface area contributed by atoms with Crippen LogP contribution in [0.25, 0.3) is 11.0 Å². The zero-order valence-electron chi connectivity index (χ0n) is 12.2. The van der Waals surface area contributed by atoms with Crippen molar-refractivity contribution in [1.29, 1.82) is 0 Å². The number of imide groups is 1. The summed E-state index contributed by atoms with van der Waals surface area (Å²) in [6.07, 6.45) is 0. The van der Waals surface area contributed by atoms with Crippen molar-refractivity contribution in [2.24, 2.45) is 0 Å². The second-order valence-corrected chi connectivity index (χ2v) is 5.76. The van der Waals surface area contributed by atoms with Crippen molar-refractivity contribution >= 4 is 34.7 Å². The number of nitrogens with zero attached hydrogens (tertiary/aromatic N) is 2. The Morgan fingerprint density at radius 2 is 2.10 bits per heavy atom. The maximum Gasteiger partial charge on any atom is 0.321 e. The average Bonchev–Trinajstić information content (AvgIpc) is 2.83. The minimum absolute atomic E-state index is 0.339. The Morgan fingerprint density at radius 1 is 1.38 bits per heavy atom. The zero-order valence-corrected chi connectivity index (χ0v) is 13.0. The monoisotopic (exact) mass is 306 g/mol. The topological polar surface area (TPSA) is 76.0 Å². The molecule has 0 bridgehead atoms. The maximum atomic E-state index is 11.9. The summed E-state index contributed by atoms with van der Waals surface area (Å²) >= 11 is 1.34. The molecule has 0 saturated carbocycles. The number of aromatic nitrogens is 2. The molecular formula is C14H18N4O2S. The Kier molecular flexibility index (Phi) is 4.85. The number of thioether (sulfide) groups is 1. The lowest BCUT2D eigenvalue weighted by Gasteiger charge is -2.11. The summed E-state index contributed by atoms with van der Waals surface area (Å²) in [5.74, 6) is -0.339. The van der Waals surface area contributed by atoms with E-state index in [1.54, 1.807) is 6.92 Å². The third-order valence-corrected chi connectivity index (χ3v) is 4.14. The summed E-state index contributed by atoms with van der Waals surface area (Å²) in [4.78, 5) is 27.6. The lowest BCUT2D eigenvalue weighted by atomic mass is 10.3. The van der Waals surface area contributed by atoms with E-state index in [0.717, 1.165) is 22.7 Å². The molecule has 1 aromatic heterocycles. The number of nitrogens with one attached hydrogen (secondary N) is 2. The molecule has 0 radical (unpaired) electrons. The molecular weight excluding hydrogens is 288 g/mol. The van der Waals surface area contributed by atoms with Crippen molar-refractivity contribution in [2.45, 2.75) is 30.8 Å². The van der Waals surface area contributed by atoms with E-state index < -0.39 is 11.3 Å². The first-order valence-corrected chi connectivity index (χ1v) is 7.59. The molecule has 0 saturated heterocycles. The summed E-state index contributed by atoms with van der Waals surface area (Å²) in [6, 6.07) is 7.35. The SMILES string of the molecule is CCn1c(S[C@H](C)C(=O)NC(=O)NC)nc2ccccc21. The van der Waals surface area contributed by atoms with Crippen molar-refractivity contribution in [3.05, 3.63) is 24.3 Å². The summed E-state index contributed by atoms with van der Waals surface area (Å²) in [5, 5.41) is 5.00. The van der Waals surface area contributed by atoms with Crippen LogP contribution in [0.15, 0.2) is 29.4 Å². The predicted octanol–water partition coefficient (Wildman–Crippen LogP) is 1.99.